The summed E-state index contributed by atoms with van der Waals surface area (Å²) in [5, 5.41) is 2.13. The molecule has 1 unspecified atom stereocenters. The lowest BCUT2D eigenvalue weighted by atomic mass is 10.3. The number of anilines is 1. The van der Waals surface area contributed by atoms with E-state index in [-0.39, 0.29) is 12.2 Å². The quantitative estimate of drug-likeness (QED) is 0.600. The smallest absolute Gasteiger partial charge is 0.236 e. The molecule has 8 heteroatoms. The van der Waals surface area contributed by atoms with E-state index in [1.165, 1.54) is 6.92 Å². The van der Waals surface area contributed by atoms with Crippen molar-refractivity contribution >= 4 is 15.7 Å². The first-order chi connectivity index (χ1) is 9.27. The van der Waals surface area contributed by atoms with E-state index >= 15 is 0 Å². The topological polar surface area (TPSA) is 58.2 Å². The Bertz CT molecular complexity index is 541. The zero-order chi connectivity index (χ0) is 15.3. The summed E-state index contributed by atoms with van der Waals surface area (Å²) in [6.45, 7) is 4.27. The molecule has 0 saturated heterocycles. The molecule has 1 atom stereocenters. The third-order valence-electron chi connectivity index (χ3n) is 2.63. The van der Waals surface area contributed by atoms with Gasteiger partial charge in [0.2, 0.25) is 10.0 Å². The molecule has 0 heterocycles. The Morgan fingerprint density at radius 3 is 2.25 bits per heavy atom. The van der Waals surface area contributed by atoms with Gasteiger partial charge in [-0.05, 0) is 19.9 Å². The molecule has 0 fully saturated rings. The van der Waals surface area contributed by atoms with Gasteiger partial charge in [-0.25, -0.2) is 21.6 Å². The van der Waals surface area contributed by atoms with Gasteiger partial charge in [-0.15, -0.1) is 0 Å². The molecule has 114 valence electrons. The second-order valence-electron chi connectivity index (χ2n) is 4.42. The van der Waals surface area contributed by atoms with Crippen LogP contribution in [0.15, 0.2) is 12.1 Å². The van der Waals surface area contributed by atoms with Gasteiger partial charge in [-0.2, -0.15) is 0 Å². The highest BCUT2D eigenvalue weighted by Gasteiger charge is 2.21. The lowest BCUT2D eigenvalue weighted by Gasteiger charge is -2.15. The lowest BCUT2D eigenvalue weighted by Crippen LogP contribution is -2.35. The van der Waals surface area contributed by atoms with Crippen LogP contribution in [0, 0.1) is 17.5 Å². The van der Waals surface area contributed by atoms with Crippen LogP contribution in [0.4, 0.5) is 18.9 Å². The van der Waals surface area contributed by atoms with Crippen LogP contribution in [0.2, 0.25) is 0 Å². The molecule has 0 aliphatic heterocycles. The predicted octanol–water partition coefficient (Wildman–Crippen LogP) is 2.23. The van der Waals surface area contributed by atoms with Crippen molar-refractivity contribution in [1.82, 2.24) is 5.32 Å². The van der Waals surface area contributed by atoms with E-state index in [1.807, 2.05) is 11.6 Å². The van der Waals surface area contributed by atoms with E-state index in [0.29, 0.717) is 18.7 Å². The van der Waals surface area contributed by atoms with E-state index in [4.69, 9.17) is 0 Å². The van der Waals surface area contributed by atoms with Crippen molar-refractivity contribution < 1.29 is 21.6 Å². The van der Waals surface area contributed by atoms with Crippen molar-refractivity contribution in [2.24, 2.45) is 0 Å². The van der Waals surface area contributed by atoms with Gasteiger partial charge in [-0.1, -0.05) is 6.92 Å². The first-order valence-electron chi connectivity index (χ1n) is 6.14. The lowest BCUT2D eigenvalue weighted by molar-refractivity contribution is 0.448. The van der Waals surface area contributed by atoms with E-state index in [0.717, 1.165) is 6.42 Å². The van der Waals surface area contributed by atoms with Crippen LogP contribution < -0.4 is 10.0 Å². The van der Waals surface area contributed by atoms with Crippen molar-refractivity contribution in [1.29, 1.82) is 0 Å². The van der Waals surface area contributed by atoms with Gasteiger partial charge >= 0.3 is 0 Å². The van der Waals surface area contributed by atoms with Crippen LogP contribution in [0.1, 0.15) is 20.3 Å². The first kappa shape index (κ1) is 16.8. The fraction of sp³-hybridized carbons (Fsp3) is 0.500. The fourth-order valence-corrected chi connectivity index (χ4v) is 2.46. The highest BCUT2D eigenvalue weighted by molar-refractivity contribution is 7.93. The third-order valence-corrected chi connectivity index (χ3v) is 4.38. The Morgan fingerprint density at radius 2 is 1.75 bits per heavy atom. The maximum absolute atomic E-state index is 13.0. The number of halogens is 3. The molecule has 1 aromatic carbocycles. The fourth-order valence-electron chi connectivity index (χ4n) is 1.47. The van der Waals surface area contributed by atoms with Crippen LogP contribution in [0.25, 0.3) is 0 Å². The average molecular weight is 310 g/mol. The Morgan fingerprint density at radius 1 is 1.20 bits per heavy atom. The van der Waals surface area contributed by atoms with Gasteiger partial charge in [0.25, 0.3) is 0 Å². The Labute approximate surface area is 116 Å². The van der Waals surface area contributed by atoms with Crippen molar-refractivity contribution in [2.45, 2.75) is 25.5 Å². The molecule has 20 heavy (non-hydrogen) atoms. The molecule has 0 spiro atoms. The van der Waals surface area contributed by atoms with Crippen molar-refractivity contribution in [2.75, 3.05) is 17.8 Å². The largest absolute Gasteiger partial charge is 0.315 e. The maximum atomic E-state index is 13.0. The standard InChI is InChI=1S/C12H17F3N2O2S/c1-3-4-16-7-8(2)20(18,19)17-9-5-10(13)12(15)11(14)6-9/h5-6,8,16-17H,3-4,7H2,1-2H3. The van der Waals surface area contributed by atoms with Crippen LogP contribution in [0.5, 0.6) is 0 Å². The van der Waals surface area contributed by atoms with E-state index in [1.54, 1.807) is 0 Å². The van der Waals surface area contributed by atoms with Crippen molar-refractivity contribution in [3.05, 3.63) is 29.6 Å². The number of benzene rings is 1. The molecule has 0 aromatic heterocycles. The summed E-state index contributed by atoms with van der Waals surface area (Å²) in [6.07, 6.45) is 0.856. The van der Waals surface area contributed by atoms with Crippen LogP contribution in [-0.4, -0.2) is 26.8 Å². The number of hydrogen-bond acceptors (Lipinski definition) is 3. The summed E-state index contributed by atoms with van der Waals surface area (Å²) >= 11 is 0. The summed E-state index contributed by atoms with van der Waals surface area (Å²) in [5.74, 6) is -4.52. The Hall–Kier alpha value is -1.28. The minimum atomic E-state index is -3.81. The molecule has 0 bridgehead atoms. The number of nitrogens with one attached hydrogen (secondary N) is 2. The van der Waals surface area contributed by atoms with Crippen LogP contribution in [-0.2, 0) is 10.0 Å². The molecule has 1 aromatic rings. The Balaban J connectivity index is 2.80. The molecule has 0 saturated carbocycles. The van der Waals surface area contributed by atoms with Crippen LogP contribution in [0.3, 0.4) is 0 Å². The summed E-state index contributed by atoms with van der Waals surface area (Å²) in [4.78, 5) is 0. The predicted molar refractivity (Wildman–Crippen MR) is 71.5 cm³/mol. The van der Waals surface area contributed by atoms with Gasteiger partial charge in [0.05, 0.1) is 10.9 Å². The molecule has 0 aliphatic carbocycles. The summed E-state index contributed by atoms with van der Waals surface area (Å²) in [5.41, 5.74) is -0.344. The molecule has 0 amide bonds. The van der Waals surface area contributed by atoms with Gasteiger partial charge in [-0.3, -0.25) is 4.72 Å². The molecule has 0 radical (unpaired) electrons. The molecule has 4 nitrogen and oxygen atoms in total. The number of sulfonamides is 1. The summed E-state index contributed by atoms with van der Waals surface area (Å²) < 4.78 is 64.6. The van der Waals surface area contributed by atoms with Gasteiger partial charge in [0.1, 0.15) is 0 Å². The third kappa shape index (κ3) is 4.38. The first-order valence-corrected chi connectivity index (χ1v) is 7.69. The second kappa shape index (κ2) is 6.94. The van der Waals surface area contributed by atoms with E-state index in [9.17, 15) is 21.6 Å². The minimum absolute atomic E-state index is 0.204. The monoisotopic (exact) mass is 310 g/mol. The van der Waals surface area contributed by atoms with Crippen LogP contribution >= 0.6 is 0 Å². The van der Waals surface area contributed by atoms with Crippen molar-refractivity contribution in [3.63, 3.8) is 0 Å². The van der Waals surface area contributed by atoms with E-state index < -0.39 is 32.7 Å². The second-order valence-corrected chi connectivity index (χ2v) is 6.51. The number of hydrogen-bond donors (Lipinski definition) is 2. The SMILES string of the molecule is CCCNCC(C)S(=O)(=O)Nc1cc(F)c(F)c(F)c1. The Kier molecular flexibility index (Phi) is 5.82. The molecular formula is C12H17F3N2O2S. The van der Waals surface area contributed by atoms with Crippen molar-refractivity contribution in [3.8, 4) is 0 Å². The van der Waals surface area contributed by atoms with Gasteiger partial charge in [0, 0.05) is 18.7 Å². The molecular weight excluding hydrogens is 293 g/mol. The zero-order valence-electron chi connectivity index (χ0n) is 11.2. The molecule has 0 aliphatic rings. The highest BCUT2D eigenvalue weighted by Crippen LogP contribution is 2.19. The average Bonchev–Trinajstić information content (AvgIpc) is 2.35. The minimum Gasteiger partial charge on any atom is -0.315 e. The van der Waals surface area contributed by atoms with Gasteiger partial charge < -0.3 is 5.32 Å². The maximum Gasteiger partial charge on any atom is 0.236 e. The number of rotatable bonds is 7. The zero-order valence-corrected chi connectivity index (χ0v) is 12.0. The highest BCUT2D eigenvalue weighted by atomic mass is 32.2. The molecule has 2 N–H and O–H groups in total. The summed E-state index contributed by atoms with van der Waals surface area (Å²) in [7, 11) is -3.81. The normalized spacial score (nSPS) is 13.2. The molecule has 1 rings (SSSR count). The summed E-state index contributed by atoms with van der Waals surface area (Å²) in [6, 6.07) is 1.20. The van der Waals surface area contributed by atoms with Gasteiger partial charge in [0.15, 0.2) is 17.5 Å². The van der Waals surface area contributed by atoms with E-state index in [2.05, 4.69) is 5.32 Å².